The highest BCUT2D eigenvalue weighted by Gasteiger charge is 2.10. The lowest BCUT2D eigenvalue weighted by atomic mass is 10.2. The van der Waals surface area contributed by atoms with E-state index in [1.807, 2.05) is 26.0 Å². The largest absolute Gasteiger partial charge is 0.493 e. The van der Waals surface area contributed by atoms with Crippen molar-refractivity contribution in [3.63, 3.8) is 0 Å². The molecule has 0 aliphatic rings. The monoisotopic (exact) mass is 309 g/mol. The highest BCUT2D eigenvalue weighted by molar-refractivity contribution is 5.80. The second-order valence-corrected chi connectivity index (χ2v) is 4.81. The zero-order valence-corrected chi connectivity index (χ0v) is 13.3. The molecule has 1 N–H and O–H groups in total. The number of hydrogen-bond acceptors (Lipinski definition) is 5. The summed E-state index contributed by atoms with van der Waals surface area (Å²) in [5, 5.41) is 2.66. The predicted octanol–water partition coefficient (Wildman–Crippen LogP) is 1.84. The van der Waals surface area contributed by atoms with Crippen LogP contribution < -0.4 is 14.8 Å². The van der Waals surface area contributed by atoms with Crippen LogP contribution in [0.15, 0.2) is 18.2 Å². The Morgan fingerprint density at radius 2 is 1.95 bits per heavy atom. The Morgan fingerprint density at radius 3 is 2.64 bits per heavy atom. The van der Waals surface area contributed by atoms with Gasteiger partial charge in [0.2, 0.25) is 0 Å². The lowest BCUT2D eigenvalue weighted by Gasteiger charge is -2.11. The Kier molecular flexibility index (Phi) is 7.81. The molecule has 1 aromatic carbocycles. The van der Waals surface area contributed by atoms with Crippen LogP contribution in [0.3, 0.4) is 0 Å². The normalized spacial score (nSPS) is 9.95. The first kappa shape index (κ1) is 17.8. The fourth-order valence-electron chi connectivity index (χ4n) is 1.67. The molecular formula is C16H23NO5. The van der Waals surface area contributed by atoms with Crippen molar-refractivity contribution in [3.05, 3.63) is 23.8 Å². The first-order valence-electron chi connectivity index (χ1n) is 7.26. The number of carbonyl (C=O) groups is 2. The second-order valence-electron chi connectivity index (χ2n) is 4.81. The summed E-state index contributed by atoms with van der Waals surface area (Å²) in [5.74, 6) is 0.0885. The van der Waals surface area contributed by atoms with E-state index in [1.54, 1.807) is 6.07 Å². The van der Waals surface area contributed by atoms with E-state index in [-0.39, 0.29) is 19.1 Å². The molecule has 1 rings (SSSR count). The number of benzene rings is 1. The molecule has 0 spiro atoms. The second kappa shape index (κ2) is 9.65. The van der Waals surface area contributed by atoms with Crippen LogP contribution in [0.1, 0.15) is 25.3 Å². The van der Waals surface area contributed by atoms with E-state index in [9.17, 15) is 9.59 Å². The molecule has 0 saturated carbocycles. The average molecular weight is 309 g/mol. The molecular weight excluding hydrogens is 286 g/mol. The number of amides is 1. The molecule has 0 aliphatic carbocycles. The van der Waals surface area contributed by atoms with Crippen LogP contribution in [0.25, 0.3) is 0 Å². The van der Waals surface area contributed by atoms with E-state index in [2.05, 4.69) is 5.32 Å². The van der Waals surface area contributed by atoms with Crippen molar-refractivity contribution in [3.8, 4) is 11.5 Å². The first-order chi connectivity index (χ1) is 10.6. The molecule has 0 bridgehead atoms. The van der Waals surface area contributed by atoms with E-state index in [4.69, 9.17) is 14.2 Å². The summed E-state index contributed by atoms with van der Waals surface area (Å²) in [7, 11) is 1.53. The van der Waals surface area contributed by atoms with Crippen molar-refractivity contribution in [1.82, 2.24) is 5.32 Å². The van der Waals surface area contributed by atoms with Gasteiger partial charge in [0, 0.05) is 6.54 Å². The number of rotatable bonds is 9. The van der Waals surface area contributed by atoms with E-state index in [0.717, 1.165) is 18.4 Å². The number of nitrogens with one attached hydrogen (secondary N) is 1. The number of methoxy groups -OCH3 is 1. The van der Waals surface area contributed by atoms with Crippen molar-refractivity contribution in [2.24, 2.45) is 0 Å². The van der Waals surface area contributed by atoms with Gasteiger partial charge in [-0.25, -0.2) is 4.79 Å². The summed E-state index contributed by atoms with van der Waals surface area (Å²) in [4.78, 5) is 22.9. The number of unbranched alkanes of at least 4 members (excludes halogenated alkanes) is 1. The molecule has 6 nitrogen and oxygen atoms in total. The van der Waals surface area contributed by atoms with E-state index in [0.29, 0.717) is 18.0 Å². The van der Waals surface area contributed by atoms with Gasteiger partial charge in [-0.15, -0.1) is 0 Å². The van der Waals surface area contributed by atoms with Crippen LogP contribution in [-0.4, -0.2) is 38.7 Å². The molecule has 0 fully saturated rings. The van der Waals surface area contributed by atoms with Crippen LogP contribution in [0, 0.1) is 6.92 Å². The fourth-order valence-corrected chi connectivity index (χ4v) is 1.67. The number of carbonyl (C=O) groups excluding carboxylic acids is 2. The third-order valence-corrected chi connectivity index (χ3v) is 2.88. The van der Waals surface area contributed by atoms with Gasteiger partial charge in [0.25, 0.3) is 5.91 Å². The zero-order chi connectivity index (χ0) is 16.4. The molecule has 0 radical (unpaired) electrons. The molecule has 122 valence electrons. The van der Waals surface area contributed by atoms with Gasteiger partial charge >= 0.3 is 5.97 Å². The molecule has 0 heterocycles. The van der Waals surface area contributed by atoms with Crippen molar-refractivity contribution in [2.45, 2.75) is 26.7 Å². The molecule has 6 heteroatoms. The van der Waals surface area contributed by atoms with Crippen molar-refractivity contribution < 1.29 is 23.8 Å². The topological polar surface area (TPSA) is 73.9 Å². The summed E-state index contributed by atoms with van der Waals surface area (Å²) in [5.41, 5.74) is 1.02. The lowest BCUT2D eigenvalue weighted by Crippen LogP contribution is -2.30. The molecule has 0 aliphatic heterocycles. The lowest BCUT2D eigenvalue weighted by molar-refractivity contribution is -0.150. The Bertz CT molecular complexity index is 501. The predicted molar refractivity (Wildman–Crippen MR) is 82.1 cm³/mol. The standard InChI is InChI=1S/C16H23NO5/c1-4-5-8-17-15(18)10-22-16(19)11-21-13-7-6-12(2)9-14(13)20-3/h6-7,9H,4-5,8,10-11H2,1-3H3,(H,17,18). The maximum Gasteiger partial charge on any atom is 0.344 e. The molecule has 0 aromatic heterocycles. The third-order valence-electron chi connectivity index (χ3n) is 2.88. The Hall–Kier alpha value is -2.24. The van der Waals surface area contributed by atoms with Crippen LogP contribution in [0.2, 0.25) is 0 Å². The van der Waals surface area contributed by atoms with Crippen LogP contribution in [-0.2, 0) is 14.3 Å². The molecule has 0 saturated heterocycles. The SMILES string of the molecule is CCCCNC(=O)COC(=O)COc1ccc(C)cc1OC. The summed E-state index contributed by atoms with van der Waals surface area (Å²) in [6, 6.07) is 5.38. The molecule has 0 unspecified atom stereocenters. The Morgan fingerprint density at radius 1 is 1.18 bits per heavy atom. The minimum Gasteiger partial charge on any atom is -0.493 e. The van der Waals surface area contributed by atoms with Gasteiger partial charge in [0.15, 0.2) is 24.7 Å². The van der Waals surface area contributed by atoms with Gasteiger partial charge in [-0.2, -0.15) is 0 Å². The summed E-state index contributed by atoms with van der Waals surface area (Å²) < 4.78 is 15.4. The van der Waals surface area contributed by atoms with E-state index in [1.165, 1.54) is 7.11 Å². The van der Waals surface area contributed by atoms with Crippen LogP contribution >= 0.6 is 0 Å². The van der Waals surface area contributed by atoms with Crippen LogP contribution in [0.4, 0.5) is 0 Å². The van der Waals surface area contributed by atoms with Gasteiger partial charge in [-0.05, 0) is 31.0 Å². The van der Waals surface area contributed by atoms with Crippen LogP contribution in [0.5, 0.6) is 11.5 Å². The summed E-state index contributed by atoms with van der Waals surface area (Å²) >= 11 is 0. The minimum absolute atomic E-state index is 0.276. The Labute approximate surface area is 130 Å². The maximum absolute atomic E-state index is 11.5. The fraction of sp³-hybridized carbons (Fsp3) is 0.500. The van der Waals surface area contributed by atoms with E-state index < -0.39 is 5.97 Å². The molecule has 1 aromatic rings. The van der Waals surface area contributed by atoms with Gasteiger partial charge < -0.3 is 19.5 Å². The quantitative estimate of drug-likeness (QED) is 0.556. The number of esters is 1. The van der Waals surface area contributed by atoms with Crippen molar-refractivity contribution >= 4 is 11.9 Å². The molecule has 22 heavy (non-hydrogen) atoms. The van der Waals surface area contributed by atoms with Crippen molar-refractivity contribution in [1.29, 1.82) is 0 Å². The number of aryl methyl sites for hydroxylation is 1. The zero-order valence-electron chi connectivity index (χ0n) is 13.3. The van der Waals surface area contributed by atoms with Crippen molar-refractivity contribution in [2.75, 3.05) is 26.9 Å². The van der Waals surface area contributed by atoms with Gasteiger partial charge in [0.1, 0.15) is 0 Å². The van der Waals surface area contributed by atoms with E-state index >= 15 is 0 Å². The smallest absolute Gasteiger partial charge is 0.344 e. The first-order valence-corrected chi connectivity index (χ1v) is 7.26. The summed E-state index contributed by atoms with van der Waals surface area (Å²) in [6.07, 6.45) is 1.89. The number of hydrogen-bond donors (Lipinski definition) is 1. The van der Waals surface area contributed by atoms with Gasteiger partial charge in [0.05, 0.1) is 7.11 Å². The summed E-state index contributed by atoms with van der Waals surface area (Å²) in [6.45, 7) is 3.98. The minimum atomic E-state index is -0.603. The maximum atomic E-state index is 11.5. The molecule has 1 amide bonds. The number of ether oxygens (including phenoxy) is 3. The average Bonchev–Trinajstić information content (AvgIpc) is 2.51. The molecule has 0 atom stereocenters. The highest BCUT2D eigenvalue weighted by atomic mass is 16.6. The third kappa shape index (κ3) is 6.47. The Balaban J connectivity index is 2.33. The highest BCUT2D eigenvalue weighted by Crippen LogP contribution is 2.27. The van der Waals surface area contributed by atoms with Gasteiger partial charge in [-0.1, -0.05) is 19.4 Å². The van der Waals surface area contributed by atoms with Gasteiger partial charge in [-0.3, -0.25) is 4.79 Å².